The molecule has 0 saturated heterocycles. The lowest BCUT2D eigenvalue weighted by Crippen LogP contribution is -2.50. The van der Waals surface area contributed by atoms with Gasteiger partial charge in [-0.25, -0.2) is 0 Å². The third kappa shape index (κ3) is 5.25. The summed E-state index contributed by atoms with van der Waals surface area (Å²) >= 11 is 5.51. The molecule has 0 heterocycles. The minimum absolute atomic E-state index is 0.469. The number of anilines is 1. The Bertz CT molecular complexity index is 559. The van der Waals surface area contributed by atoms with Crippen LogP contribution in [0.1, 0.15) is 32.1 Å². The molecule has 0 atom stereocenters. The average Bonchev–Trinajstić information content (AvgIpc) is 2.59. The second kappa shape index (κ2) is 9.16. The summed E-state index contributed by atoms with van der Waals surface area (Å²) in [6, 6.07) is 10.5. The van der Waals surface area contributed by atoms with Crippen LogP contribution in [0.25, 0.3) is 0 Å². The molecule has 0 bridgehead atoms. The van der Waals surface area contributed by atoms with Crippen molar-refractivity contribution in [3.63, 3.8) is 0 Å². The van der Waals surface area contributed by atoms with Gasteiger partial charge in [-0.3, -0.25) is 10.4 Å². The zero-order valence-corrected chi connectivity index (χ0v) is 14.3. The van der Waals surface area contributed by atoms with E-state index in [9.17, 15) is 0 Å². The molecule has 0 spiro atoms. The number of allylic oxidation sites excluding steroid dienone is 3. The first-order chi connectivity index (χ1) is 11.2. The topological polar surface area (TPSA) is 27.3 Å². The van der Waals surface area contributed by atoms with E-state index in [1.807, 2.05) is 41.4 Å². The molecule has 1 fully saturated rings. The van der Waals surface area contributed by atoms with E-state index in [1.165, 1.54) is 32.1 Å². The SMILES string of the molecule is C=C/C=C(\C=C)N(NC(=S)NC1CCCCC1)c1ccccc1. The van der Waals surface area contributed by atoms with Crippen LogP contribution in [0.4, 0.5) is 5.69 Å². The fraction of sp³-hybridized carbons (Fsp3) is 0.316. The van der Waals surface area contributed by atoms with Gasteiger partial charge in [-0.1, -0.05) is 56.7 Å². The number of thiocarbonyl (C=S) groups is 1. The Balaban J connectivity index is 2.10. The molecule has 0 aliphatic heterocycles. The Kier molecular flexibility index (Phi) is 6.88. The maximum atomic E-state index is 5.51. The van der Waals surface area contributed by atoms with Crippen molar-refractivity contribution >= 4 is 23.0 Å². The molecule has 3 nitrogen and oxygen atoms in total. The first-order valence-electron chi connectivity index (χ1n) is 8.12. The van der Waals surface area contributed by atoms with Gasteiger partial charge in [0.15, 0.2) is 5.11 Å². The van der Waals surface area contributed by atoms with Crippen LogP contribution in [0, 0.1) is 0 Å². The highest BCUT2D eigenvalue weighted by atomic mass is 32.1. The number of nitrogens with one attached hydrogen (secondary N) is 2. The number of hydrogen-bond donors (Lipinski definition) is 2. The number of hydrogen-bond acceptors (Lipinski definition) is 2. The van der Waals surface area contributed by atoms with Crippen LogP contribution < -0.4 is 15.8 Å². The fourth-order valence-corrected chi connectivity index (χ4v) is 3.03. The third-order valence-corrected chi connectivity index (χ3v) is 4.13. The summed E-state index contributed by atoms with van der Waals surface area (Å²) in [4.78, 5) is 0. The van der Waals surface area contributed by atoms with E-state index < -0.39 is 0 Å². The summed E-state index contributed by atoms with van der Waals surface area (Å²) in [6.07, 6.45) is 11.7. The van der Waals surface area contributed by atoms with E-state index in [0.29, 0.717) is 11.2 Å². The fourth-order valence-electron chi connectivity index (χ4n) is 2.78. The quantitative estimate of drug-likeness (QED) is 0.458. The van der Waals surface area contributed by atoms with E-state index in [-0.39, 0.29) is 0 Å². The van der Waals surface area contributed by atoms with Crippen molar-refractivity contribution in [1.29, 1.82) is 0 Å². The van der Waals surface area contributed by atoms with E-state index in [2.05, 4.69) is 23.9 Å². The minimum Gasteiger partial charge on any atom is -0.359 e. The van der Waals surface area contributed by atoms with Crippen LogP contribution in [-0.2, 0) is 0 Å². The van der Waals surface area contributed by atoms with E-state index in [0.717, 1.165) is 11.4 Å². The van der Waals surface area contributed by atoms with Crippen LogP contribution in [0.15, 0.2) is 67.4 Å². The number of para-hydroxylation sites is 1. The normalized spacial score (nSPS) is 15.6. The predicted molar refractivity (Wildman–Crippen MR) is 103 cm³/mol. The van der Waals surface area contributed by atoms with Crippen LogP contribution in [0.2, 0.25) is 0 Å². The minimum atomic E-state index is 0.469. The largest absolute Gasteiger partial charge is 0.359 e. The van der Waals surface area contributed by atoms with Gasteiger partial charge in [0.1, 0.15) is 0 Å². The summed E-state index contributed by atoms with van der Waals surface area (Å²) in [5.41, 5.74) is 5.16. The first-order valence-corrected chi connectivity index (χ1v) is 8.53. The predicted octanol–water partition coefficient (Wildman–Crippen LogP) is 4.46. The molecule has 0 amide bonds. The number of nitrogens with zero attached hydrogens (tertiary/aromatic N) is 1. The summed E-state index contributed by atoms with van der Waals surface area (Å²) in [7, 11) is 0. The van der Waals surface area contributed by atoms with Gasteiger partial charge in [-0.15, -0.1) is 0 Å². The Labute approximate surface area is 144 Å². The summed E-state index contributed by atoms with van der Waals surface area (Å²) in [5.74, 6) is 0. The number of rotatable bonds is 6. The van der Waals surface area contributed by atoms with E-state index in [1.54, 1.807) is 12.2 Å². The summed E-state index contributed by atoms with van der Waals surface area (Å²) in [6.45, 7) is 7.66. The smallest absolute Gasteiger partial charge is 0.185 e. The highest BCUT2D eigenvalue weighted by Gasteiger charge is 2.16. The van der Waals surface area contributed by atoms with Gasteiger partial charge in [0.2, 0.25) is 0 Å². The van der Waals surface area contributed by atoms with Crippen molar-refractivity contribution in [1.82, 2.24) is 10.7 Å². The van der Waals surface area contributed by atoms with Gasteiger partial charge in [0.25, 0.3) is 0 Å². The lowest BCUT2D eigenvalue weighted by atomic mass is 9.96. The molecule has 1 aromatic rings. The maximum Gasteiger partial charge on any atom is 0.185 e. The molecule has 2 N–H and O–H groups in total. The second-order valence-corrected chi connectivity index (χ2v) is 6.03. The van der Waals surface area contributed by atoms with E-state index >= 15 is 0 Å². The van der Waals surface area contributed by atoms with Crippen molar-refractivity contribution in [2.45, 2.75) is 38.1 Å². The highest BCUT2D eigenvalue weighted by molar-refractivity contribution is 7.80. The van der Waals surface area contributed by atoms with Gasteiger partial charge >= 0.3 is 0 Å². The number of benzene rings is 1. The molecule has 4 heteroatoms. The van der Waals surface area contributed by atoms with Crippen LogP contribution >= 0.6 is 12.2 Å². The monoisotopic (exact) mass is 327 g/mol. The van der Waals surface area contributed by atoms with Crippen LogP contribution in [-0.4, -0.2) is 11.2 Å². The summed E-state index contributed by atoms with van der Waals surface area (Å²) < 4.78 is 0. The van der Waals surface area contributed by atoms with Crippen molar-refractivity contribution in [3.8, 4) is 0 Å². The molecule has 2 rings (SSSR count). The molecule has 1 aliphatic rings. The molecule has 23 heavy (non-hydrogen) atoms. The molecular formula is C19H25N3S. The Morgan fingerprint density at radius 3 is 2.43 bits per heavy atom. The molecule has 0 aromatic heterocycles. The van der Waals surface area contributed by atoms with Crippen molar-refractivity contribution < 1.29 is 0 Å². The third-order valence-electron chi connectivity index (χ3n) is 3.92. The Hall–Kier alpha value is -2.07. The van der Waals surface area contributed by atoms with Gasteiger partial charge in [-0.05, 0) is 49.3 Å². The standard InChI is InChI=1S/C19H25N3S/c1-3-11-17(4-2)22(18-14-9-6-10-15-18)21-19(23)20-16-12-7-5-8-13-16/h3-4,6,9-11,14-16H,1-2,5,7-8,12-13H2,(H2,20,21,23)/b17-11+. The van der Waals surface area contributed by atoms with Gasteiger partial charge < -0.3 is 5.32 Å². The van der Waals surface area contributed by atoms with Gasteiger partial charge in [-0.2, -0.15) is 0 Å². The van der Waals surface area contributed by atoms with Crippen molar-refractivity contribution in [2.24, 2.45) is 0 Å². The second-order valence-electron chi connectivity index (χ2n) is 5.62. The average molecular weight is 327 g/mol. The van der Waals surface area contributed by atoms with Crippen LogP contribution in [0.3, 0.4) is 0 Å². The highest BCUT2D eigenvalue weighted by Crippen LogP contribution is 2.19. The molecule has 122 valence electrons. The first kappa shape index (κ1) is 17.3. The number of hydrazine groups is 1. The van der Waals surface area contributed by atoms with Gasteiger partial charge in [0, 0.05) is 6.04 Å². The van der Waals surface area contributed by atoms with E-state index in [4.69, 9.17) is 12.2 Å². The molecule has 1 aromatic carbocycles. The zero-order valence-electron chi connectivity index (χ0n) is 13.5. The van der Waals surface area contributed by atoms with Crippen LogP contribution in [0.5, 0.6) is 0 Å². The van der Waals surface area contributed by atoms with Crippen molar-refractivity contribution in [2.75, 3.05) is 5.01 Å². The summed E-state index contributed by atoms with van der Waals surface area (Å²) in [5, 5.41) is 5.99. The zero-order chi connectivity index (χ0) is 16.5. The molecule has 0 radical (unpaired) electrons. The van der Waals surface area contributed by atoms with Gasteiger partial charge in [0.05, 0.1) is 11.4 Å². The molecular weight excluding hydrogens is 302 g/mol. The lowest BCUT2D eigenvalue weighted by Gasteiger charge is -2.30. The Morgan fingerprint density at radius 2 is 1.83 bits per heavy atom. The Morgan fingerprint density at radius 1 is 1.13 bits per heavy atom. The molecule has 1 aliphatic carbocycles. The molecule has 0 unspecified atom stereocenters. The maximum absolute atomic E-state index is 5.51. The lowest BCUT2D eigenvalue weighted by molar-refractivity contribution is 0.412. The molecule has 1 saturated carbocycles. The van der Waals surface area contributed by atoms with Crippen molar-refractivity contribution in [3.05, 3.63) is 67.4 Å².